The number of rotatable bonds is 39. The summed E-state index contributed by atoms with van der Waals surface area (Å²) in [6, 6.07) is -14.9. The van der Waals surface area contributed by atoms with E-state index in [-0.39, 0.29) is 0 Å². The van der Waals surface area contributed by atoms with E-state index in [2.05, 4.69) is 42.5 Å². The minimum Gasteiger partial charge on any atom is -0.394 e. The van der Waals surface area contributed by atoms with Gasteiger partial charge in [0.15, 0.2) is 69.2 Å². The first kappa shape index (κ1) is 120. The molecular weight excluding hydrogens is 1990 g/mol. The van der Waals surface area contributed by atoms with Crippen LogP contribution in [0.15, 0.2) is 0 Å². The summed E-state index contributed by atoms with van der Waals surface area (Å²) in [6.07, 6.45) is -101. The van der Waals surface area contributed by atoms with Crippen LogP contribution in [0.25, 0.3) is 0 Å². The van der Waals surface area contributed by atoms with Crippen molar-refractivity contribution in [3.05, 3.63) is 0 Å². The first-order valence-corrected chi connectivity index (χ1v) is 46.6. The van der Waals surface area contributed by atoms with Gasteiger partial charge >= 0.3 is 0 Å². The number of hydrogen-bond donors (Lipinski definition) is 35. The van der Waals surface area contributed by atoms with Crippen molar-refractivity contribution in [3.8, 4) is 0 Å². The van der Waals surface area contributed by atoms with Gasteiger partial charge in [0, 0.05) is 55.4 Å². The van der Waals surface area contributed by atoms with Gasteiger partial charge in [-0.15, -0.1) is 0 Å². The Morgan fingerprint density at radius 1 is 0.178 bits per heavy atom. The lowest BCUT2D eigenvalue weighted by Crippen LogP contribution is -2.71. The maximum absolute atomic E-state index is 13.4. The van der Waals surface area contributed by atoms with Gasteiger partial charge < -0.3 is 280 Å². The van der Waals surface area contributed by atoms with Crippen molar-refractivity contribution in [1.29, 1.82) is 0 Å². The molecule has 11 aliphatic heterocycles. The highest BCUT2D eigenvalue weighted by molar-refractivity contribution is 5.76. The fourth-order valence-corrected chi connectivity index (χ4v) is 18.9. The molecule has 8 amide bonds. The molecule has 0 radical (unpaired) electrons. The molecule has 11 aliphatic rings. The predicted molar refractivity (Wildman–Crippen MR) is 455 cm³/mol. The summed E-state index contributed by atoms with van der Waals surface area (Å²) in [6.45, 7) is -5.14. The lowest BCUT2D eigenvalue weighted by molar-refractivity contribution is -0.398. The number of ether oxygens (including phenoxy) is 21. The molecule has 0 aromatic heterocycles. The molecule has 0 aliphatic carbocycles. The summed E-state index contributed by atoms with van der Waals surface area (Å²) in [5.74, 6) is -7.37. The fourth-order valence-electron chi connectivity index (χ4n) is 18.9. The van der Waals surface area contributed by atoms with Gasteiger partial charge in [0.2, 0.25) is 47.3 Å². The van der Waals surface area contributed by atoms with Crippen LogP contribution in [0.3, 0.4) is 0 Å². The lowest BCUT2D eigenvalue weighted by atomic mass is 9.93. The SMILES string of the molecule is CC(=O)N[C@H]1[C@H](O[C@H]2[C@H](O)[C@@H](NC(C)=O)C(O)O[C@@H]2CO)O[C@H](CO)[C@@H](O[C@@H]2O[C@H](CO[C@H]3O[C@H](CO[C@@H]4O[C@H](CO)[C@@H](O[C@@H]5O[C@H](CO)[C@H](O)[C@H](O)[C@H]5NC(C)=O)[C@H](O)[C@H]4NC(C)=O)[C@@H](O)[C@H](O)[C@@H]3O[C@@H]3O[C@H](CO)[C@@H](O[C@@H]4O[C@H](CO)[C@H](O)[C@H](O)[C@H]4NC(C)=O)[C@H](O)[C@H]3NC(C)=O)[C@@H](O)[C@H](O[C@H]3O[C@H](CO)[C@@H](O)[C@H](O)[C@@H]3O[C@@H]3O[C@H](CO)[C@@H](O[C@@H]4O[C@H](CO)[C@H](O)[C@H](O)[C@H]4NC(C)=O)[C@H](O)[C@H]3NC(C)=O)[C@@H]2O)[C@@H]1O. The molecule has 55 atom stereocenters. The highest BCUT2D eigenvalue weighted by atomic mass is 16.8. The molecule has 11 fully saturated rings. The smallest absolute Gasteiger partial charge is 0.217 e. The maximum atomic E-state index is 13.4. The second kappa shape index (κ2) is 53.1. The number of aliphatic hydroxyl groups excluding tert-OH is 27. The summed E-state index contributed by atoms with van der Waals surface area (Å²) >= 11 is 0. The van der Waals surface area contributed by atoms with Crippen LogP contribution in [0.4, 0.5) is 0 Å². The van der Waals surface area contributed by atoms with Crippen molar-refractivity contribution in [1.82, 2.24) is 42.5 Å². The number of carbonyl (C=O) groups is 8. The molecule has 0 bridgehead atoms. The molecule has 11 heterocycles. The predicted octanol–water partition coefficient (Wildman–Crippen LogP) is -23.8. The Balaban J connectivity index is 0.980. The van der Waals surface area contributed by atoms with Crippen LogP contribution in [0.1, 0.15) is 55.4 Å². The maximum Gasteiger partial charge on any atom is 0.217 e. The summed E-state index contributed by atoms with van der Waals surface area (Å²) in [4.78, 5) is 103. The highest BCUT2D eigenvalue weighted by Gasteiger charge is 2.63. The molecule has 1 unspecified atom stereocenters. The minimum absolute atomic E-state index is 0.827. The third-order valence-corrected chi connectivity index (χ3v) is 26.2. The average Bonchev–Trinajstić information content (AvgIpc) is 1.03. The van der Waals surface area contributed by atoms with Crippen LogP contribution in [0, 0.1) is 0 Å². The van der Waals surface area contributed by atoms with Crippen LogP contribution in [-0.4, -0.2) is 595 Å². The van der Waals surface area contributed by atoms with Crippen LogP contribution < -0.4 is 42.5 Å². The Labute approximate surface area is 828 Å². The molecule has 0 aromatic carbocycles. The van der Waals surface area contributed by atoms with Crippen molar-refractivity contribution >= 4 is 47.3 Å². The molecule has 146 heavy (non-hydrogen) atoms. The minimum atomic E-state index is -2.72. The van der Waals surface area contributed by atoms with E-state index in [1.165, 1.54) is 0 Å². The monoisotopic (exact) mass is 2130 g/mol. The van der Waals surface area contributed by atoms with Crippen molar-refractivity contribution in [2.24, 2.45) is 0 Å². The second-order valence-electron chi connectivity index (χ2n) is 36.8. The van der Waals surface area contributed by atoms with E-state index in [4.69, 9.17) is 99.5 Å². The highest BCUT2D eigenvalue weighted by Crippen LogP contribution is 2.42. The largest absolute Gasteiger partial charge is 0.394 e. The Bertz CT molecular complexity index is 4180. The zero-order valence-electron chi connectivity index (χ0n) is 79.4. The van der Waals surface area contributed by atoms with Gasteiger partial charge in [-0.05, 0) is 0 Å². The summed E-state index contributed by atoms with van der Waals surface area (Å²) in [5, 5.41) is 328. The standard InChI is InChI=1S/C82H136N8O56/c1-20(100)83-39-56(117)64(32(13-95)128-72(39)125)139-77-44(88-25(6)105)60(121)68(36(17-99)134-77)143-80-63(124)69(144-82-71(61(122)50(111)31(12-94)132-82)146-79-46(90-27(8)107)59(120)67(35(16-98)136-79)142-76-42(86-23(4)103)55(116)49(110)30(11-93)131-76)52(113)38(137-80)19-127-81-70(145-78-45(89-26(7)106)58(119)66(34(15-97)135-78)141-75-41(85-22(3)102)54(115)48(109)29(10-92)130-75)62(123)51(112)37(138-81)18-126-73-43(87-24(5)104)57(118)65(33(14-96)133-73)140-74-40(84-21(2)101)53(114)47(108)28(9-91)129-74/h28-82,91-99,108-125H,9-19H2,1-8H3,(H,83,100)(H,84,101)(H,85,102)(H,86,103)(H,87,104)(H,88,105)(H,89,106)(H,90,107)/t28-,29-,30-,31-,32-,33-,34-,35-,36-,37-,38-,39-,40-,41-,42-,43-,44-,45-,46-,47+,48+,49+,50-,51-,52-,53-,54-,55-,56-,57-,58-,59-,60-,61+,62+,63+,64-,65-,66-,67-,68-,69+,70+,71+,72?,73-,74+,75+,76+,77+,78+,79+,80+,81+,82-/m1/s1. The van der Waals surface area contributed by atoms with E-state index in [0.29, 0.717) is 0 Å². The number of hydrogen-bond acceptors (Lipinski definition) is 56. The zero-order valence-corrected chi connectivity index (χ0v) is 79.4. The van der Waals surface area contributed by atoms with Gasteiger partial charge in [-0.1, -0.05) is 0 Å². The molecule has 840 valence electrons. The summed E-state index contributed by atoms with van der Waals surface area (Å²) < 4.78 is 128. The van der Waals surface area contributed by atoms with Gasteiger partial charge in [0.25, 0.3) is 0 Å². The normalized spacial score (nSPS) is 46.5. The molecule has 0 aromatic rings. The van der Waals surface area contributed by atoms with Crippen LogP contribution in [0.5, 0.6) is 0 Å². The Kier molecular flexibility index (Phi) is 43.7. The van der Waals surface area contributed by atoms with Crippen molar-refractivity contribution in [2.45, 2.75) is 393 Å². The Morgan fingerprint density at radius 3 is 0.671 bits per heavy atom. The van der Waals surface area contributed by atoms with E-state index in [0.717, 1.165) is 55.4 Å². The molecule has 64 heteroatoms. The number of amides is 8. The Morgan fingerprint density at radius 2 is 0.370 bits per heavy atom. The summed E-state index contributed by atoms with van der Waals surface area (Å²) in [5.41, 5.74) is 0. The number of nitrogens with one attached hydrogen (secondary N) is 8. The molecular formula is C82H136N8O56. The van der Waals surface area contributed by atoms with Crippen LogP contribution in [0.2, 0.25) is 0 Å². The second-order valence-corrected chi connectivity index (χ2v) is 36.8. The van der Waals surface area contributed by atoms with Gasteiger partial charge in [-0.3, -0.25) is 38.4 Å². The number of carbonyl (C=O) groups excluding carboxylic acids is 8. The quantitative estimate of drug-likeness (QED) is 0.0272. The van der Waals surface area contributed by atoms with Gasteiger partial charge in [0.05, 0.1) is 72.7 Å². The van der Waals surface area contributed by atoms with Gasteiger partial charge in [-0.25, -0.2) is 0 Å². The molecule has 0 spiro atoms. The first-order chi connectivity index (χ1) is 69.0. The van der Waals surface area contributed by atoms with Crippen LogP contribution in [-0.2, 0) is 138 Å². The molecule has 64 nitrogen and oxygen atoms in total. The molecule has 35 N–H and O–H groups in total. The van der Waals surface area contributed by atoms with E-state index in [9.17, 15) is 176 Å². The third kappa shape index (κ3) is 27.6. The molecule has 11 rings (SSSR count). The number of aliphatic hydroxyl groups is 27. The van der Waals surface area contributed by atoms with Crippen molar-refractivity contribution in [2.75, 3.05) is 72.7 Å². The van der Waals surface area contributed by atoms with Crippen molar-refractivity contribution < 1.29 is 276 Å². The van der Waals surface area contributed by atoms with E-state index in [1.54, 1.807) is 0 Å². The summed E-state index contributed by atoms with van der Waals surface area (Å²) in [7, 11) is 0. The van der Waals surface area contributed by atoms with E-state index < -0.39 is 457 Å². The van der Waals surface area contributed by atoms with E-state index in [1.807, 2.05) is 0 Å². The average molecular weight is 2130 g/mol. The van der Waals surface area contributed by atoms with Crippen LogP contribution >= 0.6 is 0 Å². The zero-order chi connectivity index (χ0) is 108. The Hall–Kier alpha value is -6.16. The third-order valence-electron chi connectivity index (χ3n) is 26.2. The van der Waals surface area contributed by atoms with Gasteiger partial charge in [-0.2, -0.15) is 0 Å². The van der Waals surface area contributed by atoms with Crippen molar-refractivity contribution in [3.63, 3.8) is 0 Å². The topological polar surface area (TPSA) is 973 Å². The van der Waals surface area contributed by atoms with Gasteiger partial charge in [0.1, 0.15) is 268 Å². The first-order valence-electron chi connectivity index (χ1n) is 46.6. The fraction of sp³-hybridized carbons (Fsp3) is 0.902. The molecule has 11 saturated heterocycles. The lowest BCUT2D eigenvalue weighted by Gasteiger charge is -2.51. The molecule has 0 saturated carbocycles. The van der Waals surface area contributed by atoms with E-state index >= 15 is 0 Å².